The Hall–Kier alpha value is 0.560. The van der Waals surface area contributed by atoms with E-state index in [1.165, 1.54) is 3.76 Å². The van der Waals surface area contributed by atoms with Crippen LogP contribution in [0.15, 0.2) is 24.3 Å². The van der Waals surface area contributed by atoms with Gasteiger partial charge in [0.05, 0.1) is 0 Å². The average molecular weight is 268 g/mol. The fourth-order valence-corrected chi connectivity index (χ4v) is 2.59. The Balaban J connectivity index is 3.44. The third kappa shape index (κ3) is 6.68. The van der Waals surface area contributed by atoms with Gasteiger partial charge in [-0.1, -0.05) is 46.9 Å². The second-order valence-corrected chi connectivity index (χ2v) is 5.06. The smallest absolute Gasteiger partial charge is 0.0460 e. The minimum Gasteiger partial charge on any atom is -0.144 e. The average Bonchev–Trinajstić information content (AvgIpc) is 1.89. The molecule has 0 aromatic heterocycles. The molecule has 0 radical (unpaired) electrons. The van der Waals surface area contributed by atoms with Crippen molar-refractivity contribution in [1.29, 1.82) is 0 Å². The van der Waals surface area contributed by atoms with E-state index in [9.17, 15) is 0 Å². The topological polar surface area (TPSA) is 0 Å². The van der Waals surface area contributed by atoms with E-state index in [0.717, 1.165) is 0 Å². The zero-order chi connectivity index (χ0) is 7.82. The highest BCUT2D eigenvalue weighted by molar-refractivity contribution is 14.1. The molecule has 0 saturated carbocycles. The van der Waals surface area contributed by atoms with Crippen LogP contribution in [0.1, 0.15) is 13.8 Å². The highest BCUT2D eigenvalue weighted by atomic mass is 127. The van der Waals surface area contributed by atoms with Gasteiger partial charge in [-0.05, 0) is 13.8 Å². The van der Waals surface area contributed by atoms with Crippen molar-refractivity contribution in [2.75, 3.05) is 3.76 Å². The van der Waals surface area contributed by atoms with Gasteiger partial charge in [-0.2, -0.15) is 0 Å². The van der Waals surface area contributed by atoms with Crippen molar-refractivity contribution in [3.63, 3.8) is 0 Å². The maximum Gasteiger partial charge on any atom is 0.0460 e. The Morgan fingerprint density at radius 1 is 1.50 bits per heavy atom. The van der Waals surface area contributed by atoms with Gasteiger partial charge in [0.15, 0.2) is 0 Å². The van der Waals surface area contributed by atoms with E-state index in [2.05, 4.69) is 47.7 Å². The van der Waals surface area contributed by atoms with Crippen molar-refractivity contribution < 1.29 is 0 Å². The highest BCUT2D eigenvalue weighted by Gasteiger charge is 1.91. The van der Waals surface area contributed by atoms with Gasteiger partial charge in [-0.25, -0.2) is 0 Å². The molecule has 0 aromatic carbocycles. The van der Waals surface area contributed by atoms with Crippen LogP contribution in [0.25, 0.3) is 0 Å². The molecular weight excluding hydrogens is 255 g/mol. The molecule has 0 bridgehead atoms. The van der Waals surface area contributed by atoms with Crippen molar-refractivity contribution in [3.05, 3.63) is 24.3 Å². The lowest BCUT2D eigenvalue weighted by Crippen LogP contribution is -1.87. The first-order valence-electron chi connectivity index (χ1n) is 3.28. The lowest BCUT2D eigenvalue weighted by molar-refractivity contribution is 1.25. The van der Waals surface area contributed by atoms with Crippen LogP contribution < -0.4 is 0 Å². The lowest BCUT2D eigenvalue weighted by Gasteiger charge is -1.99. The molecule has 0 spiro atoms. The van der Waals surface area contributed by atoms with E-state index in [1.54, 1.807) is 0 Å². The minimum atomic E-state index is 0.646. The van der Waals surface area contributed by atoms with Crippen LogP contribution in [0.3, 0.4) is 0 Å². The van der Waals surface area contributed by atoms with E-state index in [-0.39, 0.29) is 0 Å². The second kappa shape index (κ2) is 7.66. The molecule has 1 unspecified atom stereocenters. The minimum absolute atomic E-state index is 0.646. The molecule has 0 aromatic rings. The fraction of sp³-hybridized carbons (Fsp3) is 0.500. The predicted octanol–water partition coefficient (Wildman–Crippen LogP) is 3.63. The molecule has 0 rings (SSSR count). The second-order valence-electron chi connectivity index (χ2n) is 1.89. The summed E-state index contributed by atoms with van der Waals surface area (Å²) in [6.07, 6.45) is 8.41. The third-order valence-corrected chi connectivity index (χ3v) is 2.90. The molecule has 1 atom stereocenters. The molecule has 58 valence electrons. The quantitative estimate of drug-likeness (QED) is 0.426. The van der Waals surface area contributed by atoms with Gasteiger partial charge in [0.1, 0.15) is 0 Å². The van der Waals surface area contributed by atoms with E-state index in [1.807, 2.05) is 24.8 Å². The zero-order valence-electron chi connectivity index (χ0n) is 6.38. The molecule has 0 N–H and O–H groups in total. The van der Waals surface area contributed by atoms with Crippen molar-refractivity contribution in [3.8, 4) is 0 Å². The van der Waals surface area contributed by atoms with Crippen LogP contribution in [-0.4, -0.2) is 9.01 Å². The third-order valence-electron chi connectivity index (χ3n) is 1.01. The number of halogens is 1. The summed E-state index contributed by atoms with van der Waals surface area (Å²) in [4.78, 5) is 0. The van der Waals surface area contributed by atoms with Gasteiger partial charge in [0.2, 0.25) is 0 Å². The number of allylic oxidation sites excluding steroid dienone is 3. The molecule has 2 heteroatoms. The van der Waals surface area contributed by atoms with Gasteiger partial charge in [-0.15, -0.1) is 11.8 Å². The lowest BCUT2D eigenvalue weighted by atomic mass is 10.4. The number of hydrogen-bond acceptors (Lipinski definition) is 1. The van der Waals surface area contributed by atoms with Crippen LogP contribution in [-0.2, 0) is 0 Å². The molecule has 0 amide bonds. The van der Waals surface area contributed by atoms with Gasteiger partial charge in [0.25, 0.3) is 0 Å². The number of hydrogen-bond donors (Lipinski definition) is 0. The Morgan fingerprint density at radius 3 is 2.70 bits per heavy atom. The molecular formula is C8H13IS. The van der Waals surface area contributed by atoms with E-state index < -0.39 is 0 Å². The summed E-state index contributed by atoms with van der Waals surface area (Å²) in [6, 6.07) is 0. The summed E-state index contributed by atoms with van der Waals surface area (Å²) in [5, 5.41) is 0.646. The number of thioether (sulfide) groups is 1. The summed E-state index contributed by atoms with van der Waals surface area (Å²) >= 11 is 4.32. The summed E-state index contributed by atoms with van der Waals surface area (Å²) in [7, 11) is 0. The Bertz CT molecular complexity index is 118. The van der Waals surface area contributed by atoms with E-state index in [4.69, 9.17) is 0 Å². The standard InChI is InChI=1S/C8H13IS/c1-3-4-5-6-8(2)10-7-9/h3-6,8H,7H2,1-2H3/b4-3+,6-5-. The Labute approximate surface area is 81.3 Å². The first-order valence-corrected chi connectivity index (χ1v) is 5.85. The molecule has 10 heavy (non-hydrogen) atoms. The maximum atomic E-state index is 2.37. The van der Waals surface area contributed by atoms with E-state index >= 15 is 0 Å². The first kappa shape index (κ1) is 10.6. The highest BCUT2D eigenvalue weighted by Crippen LogP contribution is 2.13. The Kier molecular flexibility index (Phi) is 8.09. The van der Waals surface area contributed by atoms with Crippen LogP contribution >= 0.6 is 34.4 Å². The monoisotopic (exact) mass is 268 g/mol. The molecule has 0 aliphatic heterocycles. The SMILES string of the molecule is C/C=C/C=C\C(C)SCI. The normalized spacial score (nSPS) is 15.1. The van der Waals surface area contributed by atoms with Crippen LogP contribution in [0, 0.1) is 0 Å². The zero-order valence-corrected chi connectivity index (χ0v) is 9.35. The largest absolute Gasteiger partial charge is 0.144 e. The molecule has 0 nitrogen and oxygen atoms in total. The summed E-state index contributed by atoms with van der Waals surface area (Å²) in [5.41, 5.74) is 0. The van der Waals surface area contributed by atoms with Crippen molar-refractivity contribution in [2.24, 2.45) is 0 Å². The fourth-order valence-electron chi connectivity index (χ4n) is 0.487. The predicted molar refractivity (Wildman–Crippen MR) is 59.9 cm³/mol. The van der Waals surface area contributed by atoms with Gasteiger partial charge >= 0.3 is 0 Å². The molecule has 0 heterocycles. The van der Waals surface area contributed by atoms with Gasteiger partial charge in [-0.3, -0.25) is 0 Å². The van der Waals surface area contributed by atoms with Crippen LogP contribution in [0.5, 0.6) is 0 Å². The van der Waals surface area contributed by atoms with Crippen molar-refractivity contribution in [1.82, 2.24) is 0 Å². The Morgan fingerprint density at radius 2 is 2.20 bits per heavy atom. The molecule has 0 saturated heterocycles. The number of alkyl halides is 1. The van der Waals surface area contributed by atoms with Crippen molar-refractivity contribution >= 4 is 34.4 Å². The summed E-state index contributed by atoms with van der Waals surface area (Å²) < 4.78 is 1.17. The van der Waals surface area contributed by atoms with Crippen LogP contribution in [0.2, 0.25) is 0 Å². The molecule has 0 aliphatic rings. The first-order chi connectivity index (χ1) is 4.81. The van der Waals surface area contributed by atoms with Gasteiger partial charge < -0.3 is 0 Å². The summed E-state index contributed by atoms with van der Waals surface area (Å²) in [6.45, 7) is 4.24. The number of rotatable bonds is 4. The van der Waals surface area contributed by atoms with Crippen molar-refractivity contribution in [2.45, 2.75) is 19.1 Å². The maximum absolute atomic E-state index is 2.37. The van der Waals surface area contributed by atoms with Gasteiger partial charge in [0, 0.05) is 9.01 Å². The molecule has 0 aliphatic carbocycles. The van der Waals surface area contributed by atoms with E-state index in [0.29, 0.717) is 5.25 Å². The van der Waals surface area contributed by atoms with Crippen LogP contribution in [0.4, 0.5) is 0 Å². The molecule has 0 fully saturated rings. The summed E-state index contributed by atoms with van der Waals surface area (Å²) in [5.74, 6) is 0.